The first-order valence-corrected chi connectivity index (χ1v) is 9.70. The molecule has 2 aromatic carbocycles. The fourth-order valence-electron chi connectivity index (χ4n) is 3.09. The van der Waals surface area contributed by atoms with Gasteiger partial charge in [-0.2, -0.15) is 0 Å². The van der Waals surface area contributed by atoms with E-state index < -0.39 is 0 Å². The fourth-order valence-corrected chi connectivity index (χ4v) is 3.27. The van der Waals surface area contributed by atoms with Crippen molar-refractivity contribution in [2.45, 2.75) is 13.0 Å². The van der Waals surface area contributed by atoms with Crippen molar-refractivity contribution in [2.24, 2.45) is 0 Å². The molecule has 4 rings (SSSR count). The minimum atomic E-state index is -0.224. The smallest absolute Gasteiger partial charge is 0.322 e. The zero-order valence-corrected chi connectivity index (χ0v) is 16.4. The van der Waals surface area contributed by atoms with Gasteiger partial charge in [0.2, 0.25) is 0 Å². The molecular formula is C22H20ClN5O. The topological polar surface area (TPSA) is 73.9 Å². The lowest BCUT2D eigenvalue weighted by molar-refractivity contribution is 0.209. The van der Waals surface area contributed by atoms with Crippen LogP contribution in [0, 0.1) is 0 Å². The lowest BCUT2D eigenvalue weighted by Crippen LogP contribution is -2.36. The highest BCUT2D eigenvalue weighted by molar-refractivity contribution is 6.33. The van der Waals surface area contributed by atoms with Crippen LogP contribution < -0.4 is 5.32 Å². The van der Waals surface area contributed by atoms with Gasteiger partial charge in [-0.15, -0.1) is 0 Å². The van der Waals surface area contributed by atoms with Crippen molar-refractivity contribution >= 4 is 34.4 Å². The normalized spacial score (nSPS) is 10.8. The molecule has 0 radical (unpaired) electrons. The summed E-state index contributed by atoms with van der Waals surface area (Å²) in [5.74, 6) is 0.841. The molecule has 0 unspecified atom stereocenters. The zero-order valence-electron chi connectivity index (χ0n) is 15.7. The van der Waals surface area contributed by atoms with Gasteiger partial charge < -0.3 is 15.2 Å². The number of nitrogens with one attached hydrogen (secondary N) is 2. The number of aromatic amines is 1. The molecule has 0 aliphatic carbocycles. The van der Waals surface area contributed by atoms with Crippen LogP contribution in [0.2, 0.25) is 5.02 Å². The molecule has 0 atom stereocenters. The third kappa shape index (κ3) is 4.73. The van der Waals surface area contributed by atoms with E-state index in [1.165, 1.54) is 0 Å². The minimum absolute atomic E-state index is 0.224. The molecule has 0 bridgehead atoms. The van der Waals surface area contributed by atoms with Gasteiger partial charge >= 0.3 is 6.03 Å². The zero-order chi connectivity index (χ0) is 20.1. The quantitative estimate of drug-likeness (QED) is 0.479. The van der Waals surface area contributed by atoms with Crippen LogP contribution >= 0.6 is 11.6 Å². The first-order valence-electron chi connectivity index (χ1n) is 9.32. The summed E-state index contributed by atoms with van der Waals surface area (Å²) in [4.78, 5) is 26.8. The fraction of sp³-hybridized carbons (Fsp3) is 0.136. The van der Waals surface area contributed by atoms with Gasteiger partial charge in [-0.25, -0.2) is 9.78 Å². The van der Waals surface area contributed by atoms with Crippen LogP contribution in [-0.2, 0) is 13.0 Å². The number of aromatic nitrogens is 3. The first-order chi connectivity index (χ1) is 14.2. The van der Waals surface area contributed by atoms with Gasteiger partial charge in [-0.3, -0.25) is 4.98 Å². The average Bonchev–Trinajstić information content (AvgIpc) is 3.16. The maximum Gasteiger partial charge on any atom is 0.322 e. The van der Waals surface area contributed by atoms with E-state index in [-0.39, 0.29) is 6.03 Å². The lowest BCUT2D eigenvalue weighted by Gasteiger charge is -2.23. The number of benzene rings is 2. The van der Waals surface area contributed by atoms with Gasteiger partial charge in [0.1, 0.15) is 5.82 Å². The number of imidazole rings is 1. The number of anilines is 1. The maximum atomic E-state index is 13.0. The van der Waals surface area contributed by atoms with E-state index in [4.69, 9.17) is 11.6 Å². The molecule has 2 amide bonds. The Labute approximate surface area is 173 Å². The van der Waals surface area contributed by atoms with Crippen LogP contribution in [0.15, 0.2) is 73.1 Å². The van der Waals surface area contributed by atoms with Crippen LogP contribution in [0.25, 0.3) is 11.0 Å². The number of amides is 2. The summed E-state index contributed by atoms with van der Waals surface area (Å²) in [7, 11) is 0. The molecule has 2 aromatic heterocycles. The van der Waals surface area contributed by atoms with E-state index in [9.17, 15) is 4.79 Å². The summed E-state index contributed by atoms with van der Waals surface area (Å²) in [5, 5.41) is 3.40. The molecule has 7 heteroatoms. The largest absolute Gasteiger partial charge is 0.342 e. The molecule has 146 valence electrons. The highest BCUT2D eigenvalue weighted by Crippen LogP contribution is 2.21. The number of H-pyrrole nitrogens is 1. The van der Waals surface area contributed by atoms with Crippen molar-refractivity contribution in [1.82, 2.24) is 19.9 Å². The number of rotatable bonds is 6. The molecule has 2 heterocycles. The van der Waals surface area contributed by atoms with E-state index in [1.54, 1.807) is 29.4 Å². The predicted octanol–water partition coefficient (Wildman–Crippen LogP) is 4.89. The average molecular weight is 406 g/mol. The Morgan fingerprint density at radius 3 is 2.69 bits per heavy atom. The van der Waals surface area contributed by atoms with Crippen molar-refractivity contribution in [3.05, 3.63) is 89.5 Å². The van der Waals surface area contributed by atoms with Crippen LogP contribution in [0.4, 0.5) is 10.5 Å². The Hall–Kier alpha value is -3.38. The standard InChI is InChI=1S/C22H20ClN5O/c23-17-7-1-2-8-18(17)27-22(29)28(15-16-6-5-12-24-14-16)13-11-21-25-19-9-3-4-10-20(19)26-21/h1-10,12,14H,11,13,15H2,(H,25,26)(H,27,29). The third-order valence-electron chi connectivity index (χ3n) is 4.56. The monoisotopic (exact) mass is 405 g/mol. The first kappa shape index (κ1) is 19.0. The summed E-state index contributed by atoms with van der Waals surface area (Å²) < 4.78 is 0. The van der Waals surface area contributed by atoms with Crippen molar-refractivity contribution in [3.63, 3.8) is 0 Å². The molecule has 2 N–H and O–H groups in total. The second-order valence-electron chi connectivity index (χ2n) is 6.64. The number of para-hydroxylation sites is 3. The van der Waals surface area contributed by atoms with Gasteiger partial charge in [0.25, 0.3) is 0 Å². The number of fused-ring (bicyclic) bond motifs is 1. The molecule has 29 heavy (non-hydrogen) atoms. The van der Waals surface area contributed by atoms with Crippen molar-refractivity contribution < 1.29 is 4.79 Å². The minimum Gasteiger partial charge on any atom is -0.342 e. The van der Waals surface area contributed by atoms with Gasteiger partial charge in [0.15, 0.2) is 0 Å². The summed E-state index contributed by atoms with van der Waals surface area (Å²) in [6, 6.07) is 18.7. The number of pyridine rings is 1. The second-order valence-corrected chi connectivity index (χ2v) is 7.05. The van der Waals surface area contributed by atoms with Crippen LogP contribution in [-0.4, -0.2) is 32.4 Å². The molecule has 0 saturated carbocycles. The van der Waals surface area contributed by atoms with E-state index in [2.05, 4.69) is 20.3 Å². The van der Waals surface area contributed by atoms with E-state index in [1.807, 2.05) is 48.5 Å². The molecule has 0 spiro atoms. The van der Waals surface area contributed by atoms with Gasteiger partial charge in [0.05, 0.1) is 21.7 Å². The number of nitrogens with zero attached hydrogens (tertiary/aromatic N) is 3. The Balaban J connectivity index is 1.51. The number of urea groups is 1. The molecule has 4 aromatic rings. The summed E-state index contributed by atoms with van der Waals surface area (Å²) >= 11 is 6.19. The maximum absolute atomic E-state index is 13.0. The van der Waals surface area contributed by atoms with Gasteiger partial charge in [0, 0.05) is 31.9 Å². The summed E-state index contributed by atoms with van der Waals surface area (Å²) in [5.41, 5.74) is 3.44. The van der Waals surface area contributed by atoms with Gasteiger partial charge in [-0.05, 0) is 35.9 Å². The molecule has 6 nitrogen and oxygen atoms in total. The van der Waals surface area contributed by atoms with E-state index >= 15 is 0 Å². The number of halogens is 1. The van der Waals surface area contributed by atoms with Crippen LogP contribution in [0.5, 0.6) is 0 Å². The Morgan fingerprint density at radius 2 is 1.90 bits per heavy atom. The lowest BCUT2D eigenvalue weighted by atomic mass is 10.2. The number of carbonyl (C=O) groups is 1. The number of carbonyl (C=O) groups excluding carboxylic acids is 1. The molecular weight excluding hydrogens is 386 g/mol. The molecule has 0 fully saturated rings. The molecule has 0 aliphatic rings. The third-order valence-corrected chi connectivity index (χ3v) is 4.89. The number of hydrogen-bond acceptors (Lipinski definition) is 3. The second kappa shape index (κ2) is 8.75. The molecule has 0 saturated heterocycles. The highest BCUT2D eigenvalue weighted by atomic mass is 35.5. The Kier molecular flexibility index (Phi) is 5.72. The number of hydrogen-bond donors (Lipinski definition) is 2. The van der Waals surface area contributed by atoms with Crippen LogP contribution in [0.1, 0.15) is 11.4 Å². The van der Waals surface area contributed by atoms with Crippen molar-refractivity contribution in [1.29, 1.82) is 0 Å². The molecule has 0 aliphatic heterocycles. The van der Waals surface area contributed by atoms with Crippen molar-refractivity contribution in [2.75, 3.05) is 11.9 Å². The SMILES string of the molecule is O=C(Nc1ccccc1Cl)N(CCc1nc2ccccc2[nH]1)Cc1cccnc1. The van der Waals surface area contributed by atoms with Crippen molar-refractivity contribution in [3.8, 4) is 0 Å². The highest BCUT2D eigenvalue weighted by Gasteiger charge is 2.16. The Bertz CT molecular complexity index is 1080. The van der Waals surface area contributed by atoms with E-state index in [0.29, 0.717) is 30.2 Å². The summed E-state index contributed by atoms with van der Waals surface area (Å²) in [6.07, 6.45) is 4.08. The summed E-state index contributed by atoms with van der Waals surface area (Å²) in [6.45, 7) is 0.926. The predicted molar refractivity (Wildman–Crippen MR) is 115 cm³/mol. The Morgan fingerprint density at radius 1 is 1.07 bits per heavy atom. The van der Waals surface area contributed by atoms with E-state index in [0.717, 1.165) is 22.4 Å². The van der Waals surface area contributed by atoms with Crippen LogP contribution in [0.3, 0.4) is 0 Å². The van der Waals surface area contributed by atoms with Gasteiger partial charge in [-0.1, -0.05) is 41.9 Å².